The maximum absolute atomic E-state index is 12.4. The number of nitrogens with one attached hydrogen (secondary N) is 2. The van der Waals surface area contributed by atoms with Crippen molar-refractivity contribution in [2.24, 2.45) is 5.92 Å². The van der Waals surface area contributed by atoms with Gasteiger partial charge in [-0.15, -0.1) is 0 Å². The van der Waals surface area contributed by atoms with Crippen LogP contribution < -0.4 is 20.1 Å². The first-order valence-electron chi connectivity index (χ1n) is 13.7. The van der Waals surface area contributed by atoms with E-state index in [1.54, 1.807) is 42.5 Å². The molecule has 1 fully saturated rings. The largest absolute Gasteiger partial charge is 0.490 e. The molecule has 8 nitrogen and oxygen atoms in total. The number of anilines is 1. The fourth-order valence-electron chi connectivity index (χ4n) is 4.73. The third kappa shape index (κ3) is 8.59. The van der Waals surface area contributed by atoms with Gasteiger partial charge in [-0.05, 0) is 85.7 Å². The lowest BCUT2D eigenvalue weighted by molar-refractivity contribution is -0.122. The smallest absolute Gasteiger partial charge is 0.337 e. The third-order valence-electron chi connectivity index (χ3n) is 6.71. The molecule has 40 heavy (non-hydrogen) atoms. The molecule has 0 saturated heterocycles. The van der Waals surface area contributed by atoms with Gasteiger partial charge in [0.05, 0.1) is 23.8 Å². The predicted octanol–water partition coefficient (Wildman–Crippen LogP) is 6.21. The number of hydrogen-bond acceptors (Lipinski definition) is 5. The fourth-order valence-corrected chi connectivity index (χ4v) is 4.73. The number of rotatable bonds is 11. The Labute approximate surface area is 234 Å². The van der Waals surface area contributed by atoms with Gasteiger partial charge in [-0.3, -0.25) is 9.59 Å². The van der Waals surface area contributed by atoms with Crippen LogP contribution in [-0.4, -0.2) is 35.0 Å². The molecule has 3 N–H and O–H groups in total. The van der Waals surface area contributed by atoms with Crippen LogP contribution in [-0.2, 0) is 16.0 Å². The Bertz CT molecular complexity index is 1300. The maximum Gasteiger partial charge on any atom is 0.337 e. The van der Waals surface area contributed by atoms with Gasteiger partial charge in [0.1, 0.15) is 17.2 Å². The number of aromatic carboxylic acids is 1. The van der Waals surface area contributed by atoms with E-state index >= 15 is 0 Å². The molecule has 0 bridgehead atoms. The second-order valence-corrected chi connectivity index (χ2v) is 10.6. The SMILES string of the molecule is CC(C)CC(=O)NC1CCC(Oc2ccc(Oc3ccc(CC(=O)Nc4ccccc4C(=O)O)cc3)cc2)CC1. The minimum absolute atomic E-state index is 0.0471. The summed E-state index contributed by atoms with van der Waals surface area (Å²) in [5.41, 5.74) is 1.09. The van der Waals surface area contributed by atoms with Crippen LogP contribution in [0.2, 0.25) is 0 Å². The summed E-state index contributed by atoms with van der Waals surface area (Å²) in [5.74, 6) is 1.18. The molecule has 0 unspecified atom stereocenters. The Balaban J connectivity index is 1.22. The van der Waals surface area contributed by atoms with Crippen molar-refractivity contribution in [1.29, 1.82) is 0 Å². The number of ether oxygens (including phenoxy) is 2. The summed E-state index contributed by atoms with van der Waals surface area (Å²) in [4.78, 5) is 35.8. The van der Waals surface area contributed by atoms with Crippen LogP contribution in [0.25, 0.3) is 0 Å². The quantitative estimate of drug-likeness (QED) is 0.264. The van der Waals surface area contributed by atoms with Gasteiger partial charge in [0.25, 0.3) is 0 Å². The molecule has 1 aliphatic rings. The highest BCUT2D eigenvalue weighted by atomic mass is 16.5. The Hall–Kier alpha value is -4.33. The van der Waals surface area contributed by atoms with Crippen molar-refractivity contribution in [2.45, 2.75) is 64.5 Å². The second kappa shape index (κ2) is 13.6. The van der Waals surface area contributed by atoms with E-state index in [9.17, 15) is 19.5 Å². The summed E-state index contributed by atoms with van der Waals surface area (Å²) in [6.45, 7) is 4.10. The van der Waals surface area contributed by atoms with Gasteiger partial charge in [-0.2, -0.15) is 0 Å². The van der Waals surface area contributed by atoms with Gasteiger partial charge in [0.2, 0.25) is 11.8 Å². The number of carboxylic acid groups (broad SMARTS) is 1. The van der Waals surface area contributed by atoms with Crippen LogP contribution >= 0.6 is 0 Å². The van der Waals surface area contributed by atoms with Crippen LogP contribution in [0.4, 0.5) is 5.69 Å². The van der Waals surface area contributed by atoms with Crippen LogP contribution in [0.15, 0.2) is 72.8 Å². The van der Waals surface area contributed by atoms with Crippen molar-refractivity contribution in [3.63, 3.8) is 0 Å². The fraction of sp³-hybridized carbons (Fsp3) is 0.344. The number of carbonyl (C=O) groups excluding carboxylic acids is 2. The zero-order valence-corrected chi connectivity index (χ0v) is 22.9. The molecule has 0 aliphatic heterocycles. The molecule has 0 radical (unpaired) electrons. The Morgan fingerprint density at radius 2 is 1.43 bits per heavy atom. The van der Waals surface area contributed by atoms with Crippen molar-refractivity contribution in [2.75, 3.05) is 5.32 Å². The van der Waals surface area contributed by atoms with Crippen LogP contribution in [0.1, 0.15) is 61.9 Å². The summed E-state index contributed by atoms with van der Waals surface area (Å²) in [5, 5.41) is 15.1. The maximum atomic E-state index is 12.4. The Morgan fingerprint density at radius 1 is 0.825 bits per heavy atom. The first-order chi connectivity index (χ1) is 19.2. The van der Waals surface area contributed by atoms with E-state index in [4.69, 9.17) is 9.47 Å². The van der Waals surface area contributed by atoms with Crippen molar-refractivity contribution in [1.82, 2.24) is 5.32 Å². The van der Waals surface area contributed by atoms with Gasteiger partial charge in [0.15, 0.2) is 0 Å². The molecular weight excluding hydrogens is 508 g/mol. The van der Waals surface area contributed by atoms with Gasteiger partial charge in [-0.25, -0.2) is 4.79 Å². The van der Waals surface area contributed by atoms with E-state index in [2.05, 4.69) is 10.6 Å². The zero-order valence-electron chi connectivity index (χ0n) is 22.9. The summed E-state index contributed by atoms with van der Waals surface area (Å²) >= 11 is 0. The number of carbonyl (C=O) groups is 3. The number of amides is 2. The average molecular weight is 545 g/mol. The summed E-state index contributed by atoms with van der Waals surface area (Å²) in [7, 11) is 0. The number of carboxylic acids is 1. The molecule has 3 aromatic carbocycles. The van der Waals surface area contributed by atoms with Crippen LogP contribution in [0.5, 0.6) is 17.2 Å². The highest BCUT2D eigenvalue weighted by Gasteiger charge is 2.24. The number of hydrogen-bond donors (Lipinski definition) is 3. The number of benzene rings is 3. The van der Waals surface area contributed by atoms with Gasteiger partial charge in [-0.1, -0.05) is 38.1 Å². The van der Waals surface area contributed by atoms with Crippen molar-refractivity contribution < 1.29 is 29.0 Å². The lowest BCUT2D eigenvalue weighted by Gasteiger charge is -2.29. The number of para-hydroxylation sites is 1. The van der Waals surface area contributed by atoms with Crippen LogP contribution in [0, 0.1) is 5.92 Å². The van der Waals surface area contributed by atoms with Crippen molar-refractivity contribution >= 4 is 23.5 Å². The minimum atomic E-state index is -1.09. The van der Waals surface area contributed by atoms with Gasteiger partial charge < -0.3 is 25.2 Å². The molecule has 2 amide bonds. The molecule has 0 atom stereocenters. The molecule has 4 rings (SSSR count). The summed E-state index contributed by atoms with van der Waals surface area (Å²) in [6, 6.07) is 21.2. The molecule has 210 valence electrons. The monoisotopic (exact) mass is 544 g/mol. The molecule has 0 spiro atoms. The molecule has 8 heteroatoms. The van der Waals surface area contributed by atoms with E-state index in [1.807, 2.05) is 38.1 Å². The van der Waals surface area contributed by atoms with E-state index in [-0.39, 0.29) is 41.6 Å². The molecule has 0 aromatic heterocycles. The summed E-state index contributed by atoms with van der Waals surface area (Å²) in [6.07, 6.45) is 4.45. The Kier molecular flexibility index (Phi) is 9.78. The van der Waals surface area contributed by atoms with E-state index in [0.29, 0.717) is 23.8 Å². The average Bonchev–Trinajstić information content (AvgIpc) is 2.92. The lowest BCUT2D eigenvalue weighted by Crippen LogP contribution is -2.40. The van der Waals surface area contributed by atoms with E-state index < -0.39 is 5.97 Å². The highest BCUT2D eigenvalue weighted by molar-refractivity contribution is 6.01. The zero-order chi connectivity index (χ0) is 28.5. The lowest BCUT2D eigenvalue weighted by atomic mass is 9.92. The van der Waals surface area contributed by atoms with E-state index in [0.717, 1.165) is 37.0 Å². The first-order valence-corrected chi connectivity index (χ1v) is 13.7. The second-order valence-electron chi connectivity index (χ2n) is 10.6. The molecule has 3 aromatic rings. The topological polar surface area (TPSA) is 114 Å². The molecule has 1 aliphatic carbocycles. The molecular formula is C32H36N2O6. The van der Waals surface area contributed by atoms with Crippen LogP contribution in [0.3, 0.4) is 0 Å². The Morgan fingerprint density at radius 3 is 2.05 bits per heavy atom. The predicted molar refractivity (Wildman–Crippen MR) is 153 cm³/mol. The normalized spacial score (nSPS) is 16.7. The summed E-state index contributed by atoms with van der Waals surface area (Å²) < 4.78 is 12.1. The molecule has 0 heterocycles. The first kappa shape index (κ1) is 28.7. The van der Waals surface area contributed by atoms with E-state index in [1.165, 1.54) is 6.07 Å². The van der Waals surface area contributed by atoms with Gasteiger partial charge in [0, 0.05) is 12.5 Å². The van der Waals surface area contributed by atoms with Crippen molar-refractivity contribution in [3.05, 3.63) is 83.9 Å². The van der Waals surface area contributed by atoms with Crippen molar-refractivity contribution in [3.8, 4) is 17.2 Å². The molecule has 1 saturated carbocycles. The minimum Gasteiger partial charge on any atom is -0.490 e. The third-order valence-corrected chi connectivity index (χ3v) is 6.71. The van der Waals surface area contributed by atoms with Gasteiger partial charge >= 0.3 is 5.97 Å². The highest BCUT2D eigenvalue weighted by Crippen LogP contribution is 2.28. The standard InChI is InChI=1S/C32H36N2O6/c1-21(2)19-30(35)33-23-9-13-25(14-10-23)40-27-17-15-26(16-18-27)39-24-11-7-22(8-12-24)20-31(36)34-29-6-4-3-5-28(29)32(37)38/h3-8,11-12,15-18,21,23,25H,9-10,13-14,19-20H2,1-2H3,(H,33,35)(H,34,36)(H,37,38).